The SMILES string of the molecule is C=CC(=O)N1CCN(c2cc(C(F)(F)F)nc(SC)n2)CC1. The van der Waals surface area contributed by atoms with E-state index in [1.54, 1.807) is 16.1 Å². The number of alkyl halides is 3. The summed E-state index contributed by atoms with van der Waals surface area (Å²) in [6, 6.07) is 0.949. The average Bonchev–Trinajstić information content (AvgIpc) is 2.53. The Bertz CT molecular complexity index is 571. The third-order valence-electron chi connectivity index (χ3n) is 3.26. The van der Waals surface area contributed by atoms with Crippen molar-refractivity contribution in [3.8, 4) is 0 Å². The second-order valence-corrected chi connectivity index (χ2v) is 5.39. The van der Waals surface area contributed by atoms with Gasteiger partial charge in [0, 0.05) is 32.2 Å². The van der Waals surface area contributed by atoms with Crippen molar-refractivity contribution in [2.24, 2.45) is 0 Å². The molecule has 1 amide bonds. The van der Waals surface area contributed by atoms with Crippen molar-refractivity contribution in [1.82, 2.24) is 14.9 Å². The van der Waals surface area contributed by atoms with E-state index in [1.165, 1.54) is 6.08 Å². The van der Waals surface area contributed by atoms with Crippen molar-refractivity contribution in [2.45, 2.75) is 11.3 Å². The molecule has 2 heterocycles. The summed E-state index contributed by atoms with van der Waals surface area (Å²) in [5, 5.41) is 0.0782. The first-order valence-electron chi connectivity index (χ1n) is 6.51. The van der Waals surface area contributed by atoms with Gasteiger partial charge in [-0.05, 0) is 12.3 Å². The fourth-order valence-corrected chi connectivity index (χ4v) is 2.47. The number of carbonyl (C=O) groups is 1. The largest absolute Gasteiger partial charge is 0.433 e. The third-order valence-corrected chi connectivity index (χ3v) is 3.80. The lowest BCUT2D eigenvalue weighted by Crippen LogP contribution is -2.48. The zero-order valence-electron chi connectivity index (χ0n) is 11.9. The van der Waals surface area contributed by atoms with Crippen LogP contribution in [-0.2, 0) is 11.0 Å². The Labute approximate surface area is 130 Å². The van der Waals surface area contributed by atoms with Crippen molar-refractivity contribution in [3.63, 3.8) is 0 Å². The lowest BCUT2D eigenvalue weighted by atomic mass is 10.3. The van der Waals surface area contributed by atoms with Crippen LogP contribution < -0.4 is 4.90 Å². The van der Waals surface area contributed by atoms with Gasteiger partial charge in [-0.2, -0.15) is 13.2 Å². The molecule has 0 radical (unpaired) electrons. The first kappa shape index (κ1) is 16.6. The van der Waals surface area contributed by atoms with E-state index in [-0.39, 0.29) is 16.9 Å². The van der Waals surface area contributed by atoms with Crippen LogP contribution in [0.15, 0.2) is 23.9 Å². The van der Waals surface area contributed by atoms with Gasteiger partial charge in [-0.1, -0.05) is 18.3 Å². The van der Waals surface area contributed by atoms with Gasteiger partial charge in [0.1, 0.15) is 5.82 Å². The van der Waals surface area contributed by atoms with Gasteiger partial charge >= 0.3 is 6.18 Å². The molecule has 0 atom stereocenters. The van der Waals surface area contributed by atoms with Crippen LogP contribution in [0.2, 0.25) is 0 Å². The fraction of sp³-hybridized carbons (Fsp3) is 0.462. The number of amides is 1. The molecule has 1 aromatic heterocycles. The van der Waals surface area contributed by atoms with Crippen molar-refractivity contribution in [3.05, 3.63) is 24.4 Å². The van der Waals surface area contributed by atoms with Crippen LogP contribution in [0.5, 0.6) is 0 Å². The minimum Gasteiger partial charge on any atom is -0.353 e. The summed E-state index contributed by atoms with van der Waals surface area (Å²) in [4.78, 5) is 22.5. The van der Waals surface area contributed by atoms with Gasteiger partial charge in [0.15, 0.2) is 10.9 Å². The van der Waals surface area contributed by atoms with E-state index in [9.17, 15) is 18.0 Å². The highest BCUT2D eigenvalue weighted by molar-refractivity contribution is 7.98. The van der Waals surface area contributed by atoms with E-state index in [1.807, 2.05) is 0 Å². The van der Waals surface area contributed by atoms with Gasteiger partial charge in [0.05, 0.1) is 0 Å². The number of nitrogens with zero attached hydrogens (tertiary/aromatic N) is 4. The molecule has 120 valence electrons. The molecule has 5 nitrogen and oxygen atoms in total. The third kappa shape index (κ3) is 3.70. The van der Waals surface area contributed by atoms with Crippen LogP contribution in [0.1, 0.15) is 5.69 Å². The van der Waals surface area contributed by atoms with Gasteiger partial charge < -0.3 is 9.80 Å². The number of halogens is 3. The Kier molecular flexibility index (Phi) is 4.94. The highest BCUT2D eigenvalue weighted by Gasteiger charge is 2.34. The lowest BCUT2D eigenvalue weighted by Gasteiger charge is -2.35. The number of hydrogen-bond donors (Lipinski definition) is 0. The zero-order chi connectivity index (χ0) is 16.3. The summed E-state index contributed by atoms with van der Waals surface area (Å²) < 4.78 is 38.6. The van der Waals surface area contributed by atoms with Crippen LogP contribution in [0.3, 0.4) is 0 Å². The van der Waals surface area contributed by atoms with Gasteiger partial charge in [0.25, 0.3) is 0 Å². The van der Waals surface area contributed by atoms with Crippen molar-refractivity contribution < 1.29 is 18.0 Å². The van der Waals surface area contributed by atoms with Crippen molar-refractivity contribution in [1.29, 1.82) is 0 Å². The summed E-state index contributed by atoms with van der Waals surface area (Å²) in [6.07, 6.45) is -1.66. The molecule has 1 aliphatic rings. The topological polar surface area (TPSA) is 49.3 Å². The van der Waals surface area contributed by atoms with Crippen LogP contribution in [-0.4, -0.2) is 53.2 Å². The molecule has 0 spiro atoms. The monoisotopic (exact) mass is 332 g/mol. The molecule has 1 aliphatic heterocycles. The first-order valence-corrected chi connectivity index (χ1v) is 7.74. The molecule has 1 saturated heterocycles. The van der Waals surface area contributed by atoms with E-state index in [4.69, 9.17) is 0 Å². The highest BCUT2D eigenvalue weighted by atomic mass is 32.2. The van der Waals surface area contributed by atoms with Gasteiger partial charge in [-0.25, -0.2) is 9.97 Å². The standard InChI is InChI=1S/C13H15F3N4OS/c1-3-11(21)20-6-4-19(5-7-20)10-8-9(13(14,15)16)17-12(18-10)22-2/h3,8H,1,4-7H2,2H3. The smallest absolute Gasteiger partial charge is 0.353 e. The number of anilines is 1. The number of aromatic nitrogens is 2. The maximum absolute atomic E-state index is 12.9. The van der Waals surface area contributed by atoms with Crippen LogP contribution in [0, 0.1) is 0 Å². The van der Waals surface area contributed by atoms with Crippen molar-refractivity contribution in [2.75, 3.05) is 37.3 Å². The number of piperazine rings is 1. The minimum atomic E-state index is -4.51. The Balaban J connectivity index is 2.19. The Morgan fingerprint density at radius 2 is 1.95 bits per heavy atom. The molecule has 1 fully saturated rings. The highest BCUT2D eigenvalue weighted by Crippen LogP contribution is 2.31. The van der Waals surface area contributed by atoms with Crippen LogP contribution >= 0.6 is 11.8 Å². The van der Waals surface area contributed by atoms with Crippen molar-refractivity contribution >= 4 is 23.5 Å². The quantitative estimate of drug-likeness (QED) is 0.482. The Morgan fingerprint density at radius 1 is 1.32 bits per heavy atom. The summed E-state index contributed by atoms with van der Waals surface area (Å²) in [7, 11) is 0. The lowest BCUT2D eigenvalue weighted by molar-refractivity contribution is -0.141. The van der Waals surface area contributed by atoms with Gasteiger partial charge in [0.2, 0.25) is 5.91 Å². The molecule has 0 aromatic carbocycles. The Morgan fingerprint density at radius 3 is 2.45 bits per heavy atom. The van der Waals surface area contributed by atoms with E-state index < -0.39 is 11.9 Å². The molecular weight excluding hydrogens is 317 g/mol. The number of hydrogen-bond acceptors (Lipinski definition) is 5. The molecule has 0 bridgehead atoms. The summed E-state index contributed by atoms with van der Waals surface area (Å²) in [6.45, 7) is 5.10. The summed E-state index contributed by atoms with van der Waals surface area (Å²) in [5.74, 6) is 0.0560. The minimum absolute atomic E-state index is 0.0782. The zero-order valence-corrected chi connectivity index (χ0v) is 12.7. The number of rotatable bonds is 3. The molecule has 2 rings (SSSR count). The van der Waals surface area contributed by atoms with Gasteiger partial charge in [-0.3, -0.25) is 4.79 Å². The van der Waals surface area contributed by atoms with E-state index in [0.29, 0.717) is 26.2 Å². The Hall–Kier alpha value is -1.77. The second-order valence-electron chi connectivity index (χ2n) is 4.61. The first-order chi connectivity index (χ1) is 10.3. The van der Waals surface area contributed by atoms with Crippen LogP contribution in [0.25, 0.3) is 0 Å². The summed E-state index contributed by atoms with van der Waals surface area (Å²) in [5.41, 5.74) is -0.952. The maximum atomic E-state index is 12.9. The number of thioether (sulfide) groups is 1. The van der Waals surface area contributed by atoms with E-state index in [2.05, 4.69) is 16.5 Å². The van der Waals surface area contributed by atoms with Gasteiger partial charge in [-0.15, -0.1) is 0 Å². The number of carbonyl (C=O) groups excluding carboxylic acids is 1. The predicted octanol–water partition coefficient (Wildman–Crippen LogP) is 2.05. The molecule has 0 saturated carbocycles. The van der Waals surface area contributed by atoms with E-state index in [0.717, 1.165) is 17.8 Å². The summed E-state index contributed by atoms with van der Waals surface area (Å²) >= 11 is 1.06. The second kappa shape index (κ2) is 6.55. The normalized spacial score (nSPS) is 15.8. The van der Waals surface area contributed by atoms with Crippen LogP contribution in [0.4, 0.5) is 19.0 Å². The average molecular weight is 332 g/mol. The molecule has 0 N–H and O–H groups in total. The molecule has 0 unspecified atom stereocenters. The predicted molar refractivity (Wildman–Crippen MR) is 77.8 cm³/mol. The molecular formula is C13H15F3N4OS. The molecule has 22 heavy (non-hydrogen) atoms. The fourth-order valence-electron chi connectivity index (χ4n) is 2.10. The maximum Gasteiger partial charge on any atom is 0.433 e. The molecule has 1 aromatic rings. The molecule has 0 aliphatic carbocycles. The molecule has 9 heteroatoms. The van der Waals surface area contributed by atoms with E-state index >= 15 is 0 Å².